The van der Waals surface area contributed by atoms with Crippen LogP contribution in [0.25, 0.3) is 6.08 Å². The molecule has 1 saturated heterocycles. The second-order valence-electron chi connectivity index (χ2n) is 5.69. The van der Waals surface area contributed by atoms with E-state index in [1.807, 2.05) is 0 Å². The van der Waals surface area contributed by atoms with Gasteiger partial charge in [0, 0.05) is 6.07 Å². The molecule has 1 aliphatic heterocycles. The van der Waals surface area contributed by atoms with Crippen LogP contribution in [0.2, 0.25) is 0 Å². The van der Waals surface area contributed by atoms with Gasteiger partial charge in [-0.2, -0.15) is 13.2 Å². The van der Waals surface area contributed by atoms with Crippen LogP contribution >= 0.6 is 39.9 Å². The van der Waals surface area contributed by atoms with Crippen molar-refractivity contribution in [1.29, 1.82) is 0 Å². The predicted molar refractivity (Wildman–Crippen MR) is 110 cm³/mol. The Kier molecular flexibility index (Phi) is 5.70. The Labute approximate surface area is 179 Å². The molecule has 1 amide bonds. The summed E-state index contributed by atoms with van der Waals surface area (Å²) in [7, 11) is 0. The van der Waals surface area contributed by atoms with Gasteiger partial charge in [-0.1, -0.05) is 30.0 Å². The first-order valence-corrected chi connectivity index (χ1v) is 9.63. The van der Waals surface area contributed by atoms with E-state index in [4.69, 9.17) is 12.2 Å². The maximum atomic E-state index is 13.0. The third kappa shape index (κ3) is 4.28. The van der Waals surface area contributed by atoms with E-state index in [1.54, 1.807) is 0 Å². The number of carbonyl (C=O) groups excluding carboxylic acids is 1. The Bertz CT molecular complexity index is 1090. The minimum Gasteiger partial charge on any atom is -0.501 e. The second kappa shape index (κ2) is 7.76. The number of amides is 1. The number of benzene rings is 2. The van der Waals surface area contributed by atoms with Gasteiger partial charge in [0.2, 0.25) is 5.75 Å². The van der Waals surface area contributed by atoms with Gasteiger partial charge in [-0.15, -0.1) is 0 Å². The Balaban J connectivity index is 1.99. The van der Waals surface area contributed by atoms with Gasteiger partial charge < -0.3 is 5.11 Å². The summed E-state index contributed by atoms with van der Waals surface area (Å²) in [5, 5.41) is 20.8. The lowest BCUT2D eigenvalue weighted by molar-refractivity contribution is -0.386. The molecule has 0 atom stereocenters. The molecule has 12 heteroatoms. The molecular formula is C17H8BrF3N2O4S2. The second-order valence-corrected chi connectivity index (χ2v) is 8.22. The fourth-order valence-corrected chi connectivity index (χ4v) is 4.26. The predicted octanol–water partition coefficient (Wildman–Crippen LogP) is 5.49. The average Bonchev–Trinajstić information content (AvgIpc) is 2.90. The maximum Gasteiger partial charge on any atom is 0.416 e. The van der Waals surface area contributed by atoms with Gasteiger partial charge in [0.05, 0.1) is 25.6 Å². The molecule has 2 aromatic rings. The number of thioether (sulfide) groups is 1. The van der Waals surface area contributed by atoms with Gasteiger partial charge in [0.25, 0.3) is 5.91 Å². The zero-order valence-electron chi connectivity index (χ0n) is 13.9. The minimum atomic E-state index is -4.58. The molecule has 1 aliphatic rings. The SMILES string of the molecule is O=C1/C(=C\c2cc(Br)c(O)c([N+](=O)[O-])c2)SC(=S)N1c1cccc(C(F)(F)F)c1. The molecule has 0 spiro atoms. The van der Waals surface area contributed by atoms with Gasteiger partial charge in [-0.05, 0) is 51.8 Å². The van der Waals surface area contributed by atoms with E-state index in [0.717, 1.165) is 34.9 Å². The standard InChI is InChI=1S/C17H8BrF3N2O4S2/c18-11-4-8(5-12(14(11)24)23(26)27)6-13-15(25)22(16(28)29-13)10-3-1-2-9(7-10)17(19,20)21/h1-7,24H/b13-6+. The van der Waals surface area contributed by atoms with Crippen LogP contribution in [0.15, 0.2) is 45.8 Å². The first-order chi connectivity index (χ1) is 13.5. The zero-order chi connectivity index (χ0) is 21.5. The van der Waals surface area contributed by atoms with Gasteiger partial charge in [0.15, 0.2) is 4.32 Å². The van der Waals surface area contributed by atoms with Crippen molar-refractivity contribution in [3.63, 3.8) is 0 Å². The summed E-state index contributed by atoms with van der Waals surface area (Å²) in [5.41, 5.74) is -1.31. The number of nitrogens with zero attached hydrogens (tertiary/aromatic N) is 2. The number of hydrogen-bond donors (Lipinski definition) is 1. The highest BCUT2D eigenvalue weighted by atomic mass is 79.9. The number of hydrogen-bond acceptors (Lipinski definition) is 6. The summed E-state index contributed by atoms with van der Waals surface area (Å²) in [6, 6.07) is 6.61. The Morgan fingerprint density at radius 2 is 1.97 bits per heavy atom. The quantitative estimate of drug-likeness (QED) is 0.257. The van der Waals surface area contributed by atoms with Gasteiger partial charge in [-0.3, -0.25) is 19.8 Å². The number of anilines is 1. The molecule has 0 aromatic heterocycles. The number of alkyl halides is 3. The summed E-state index contributed by atoms with van der Waals surface area (Å²) in [5.74, 6) is -1.23. The zero-order valence-corrected chi connectivity index (χ0v) is 17.2. The number of carbonyl (C=O) groups is 1. The van der Waals surface area contributed by atoms with Crippen LogP contribution in [0.1, 0.15) is 11.1 Å². The van der Waals surface area contributed by atoms with Crippen molar-refractivity contribution in [3.05, 3.63) is 67.0 Å². The summed E-state index contributed by atoms with van der Waals surface area (Å²) < 4.78 is 38.9. The summed E-state index contributed by atoms with van der Waals surface area (Å²) in [6.45, 7) is 0. The van der Waals surface area contributed by atoms with E-state index in [-0.39, 0.29) is 24.9 Å². The minimum absolute atomic E-state index is 0.0212. The van der Waals surface area contributed by atoms with E-state index in [9.17, 15) is 33.2 Å². The number of phenolic OH excluding ortho intramolecular Hbond substituents is 1. The van der Waals surface area contributed by atoms with Crippen molar-refractivity contribution < 1.29 is 28.0 Å². The van der Waals surface area contributed by atoms with Gasteiger partial charge in [-0.25, -0.2) is 0 Å². The average molecular weight is 505 g/mol. The number of phenols is 1. The molecule has 0 bridgehead atoms. The van der Waals surface area contributed by atoms with Gasteiger partial charge in [0.1, 0.15) is 0 Å². The van der Waals surface area contributed by atoms with Crippen molar-refractivity contribution in [2.45, 2.75) is 6.18 Å². The number of halogens is 4. The van der Waals surface area contributed by atoms with Crippen molar-refractivity contribution in [3.8, 4) is 5.75 Å². The Morgan fingerprint density at radius 3 is 2.59 bits per heavy atom. The van der Waals surface area contributed by atoms with Crippen molar-refractivity contribution >= 4 is 67.6 Å². The van der Waals surface area contributed by atoms with Crippen molar-refractivity contribution in [2.75, 3.05) is 4.90 Å². The normalized spacial score (nSPS) is 16.0. The molecule has 1 N–H and O–H groups in total. The highest BCUT2D eigenvalue weighted by Gasteiger charge is 2.36. The van der Waals surface area contributed by atoms with E-state index in [0.29, 0.717) is 0 Å². The van der Waals surface area contributed by atoms with Crippen molar-refractivity contribution in [2.24, 2.45) is 0 Å². The monoisotopic (exact) mass is 504 g/mol. The lowest BCUT2D eigenvalue weighted by Gasteiger charge is -2.16. The van der Waals surface area contributed by atoms with E-state index >= 15 is 0 Å². The molecule has 1 fully saturated rings. The molecule has 3 rings (SSSR count). The largest absolute Gasteiger partial charge is 0.501 e. The van der Waals surface area contributed by atoms with Crippen LogP contribution in [0.4, 0.5) is 24.5 Å². The lowest BCUT2D eigenvalue weighted by Crippen LogP contribution is -2.27. The molecule has 2 aromatic carbocycles. The topological polar surface area (TPSA) is 83.7 Å². The molecule has 29 heavy (non-hydrogen) atoms. The summed E-state index contributed by atoms with van der Waals surface area (Å²) in [4.78, 5) is 24.0. The third-order valence-electron chi connectivity index (χ3n) is 3.79. The Morgan fingerprint density at radius 1 is 1.28 bits per heavy atom. The molecular weight excluding hydrogens is 497 g/mol. The fraction of sp³-hybridized carbons (Fsp3) is 0.0588. The third-order valence-corrected chi connectivity index (χ3v) is 5.69. The number of rotatable bonds is 3. The molecule has 0 radical (unpaired) electrons. The smallest absolute Gasteiger partial charge is 0.416 e. The molecule has 1 heterocycles. The van der Waals surface area contributed by atoms with Crippen LogP contribution in [0, 0.1) is 10.1 Å². The molecule has 0 unspecified atom stereocenters. The highest BCUT2D eigenvalue weighted by Crippen LogP contribution is 2.40. The van der Waals surface area contributed by atoms with E-state index in [2.05, 4.69) is 15.9 Å². The number of nitro groups is 1. The summed E-state index contributed by atoms with van der Waals surface area (Å²) in [6.07, 6.45) is -3.27. The lowest BCUT2D eigenvalue weighted by atomic mass is 10.1. The number of aromatic hydroxyl groups is 1. The van der Waals surface area contributed by atoms with E-state index in [1.165, 1.54) is 24.3 Å². The molecule has 0 saturated carbocycles. The van der Waals surface area contributed by atoms with Gasteiger partial charge >= 0.3 is 11.9 Å². The van der Waals surface area contributed by atoms with Crippen LogP contribution < -0.4 is 4.90 Å². The Hall–Kier alpha value is -2.44. The molecule has 150 valence electrons. The highest BCUT2D eigenvalue weighted by molar-refractivity contribution is 9.10. The molecule has 0 aliphatic carbocycles. The maximum absolute atomic E-state index is 13.0. The number of thiocarbonyl (C=S) groups is 1. The van der Waals surface area contributed by atoms with Crippen LogP contribution in [-0.4, -0.2) is 20.3 Å². The van der Waals surface area contributed by atoms with E-state index < -0.39 is 34.0 Å². The first-order valence-electron chi connectivity index (χ1n) is 7.61. The summed E-state index contributed by atoms with van der Waals surface area (Å²) >= 11 is 8.98. The fourth-order valence-electron chi connectivity index (χ4n) is 2.49. The van der Waals surface area contributed by atoms with Crippen molar-refractivity contribution in [1.82, 2.24) is 0 Å². The molecule has 6 nitrogen and oxygen atoms in total. The van der Waals surface area contributed by atoms with Crippen LogP contribution in [0.5, 0.6) is 5.75 Å². The van der Waals surface area contributed by atoms with Crippen LogP contribution in [0.3, 0.4) is 0 Å². The first kappa shape index (κ1) is 21.3. The van der Waals surface area contributed by atoms with Crippen LogP contribution in [-0.2, 0) is 11.0 Å². The number of nitro benzene ring substituents is 1.